The first-order chi connectivity index (χ1) is 7.27. The van der Waals surface area contributed by atoms with Crippen LogP contribution in [0.1, 0.15) is 36.5 Å². The Labute approximate surface area is 89.7 Å². The van der Waals surface area contributed by atoms with Gasteiger partial charge in [-0.25, -0.2) is 0 Å². The van der Waals surface area contributed by atoms with Gasteiger partial charge in [0.15, 0.2) is 6.29 Å². The molecule has 3 nitrogen and oxygen atoms in total. The summed E-state index contributed by atoms with van der Waals surface area (Å²) in [5.41, 5.74) is 0.476. The molecule has 0 aromatic heterocycles. The van der Waals surface area contributed by atoms with Crippen LogP contribution in [0.4, 0.5) is 0 Å². The lowest BCUT2D eigenvalue weighted by Crippen LogP contribution is -1.99. The van der Waals surface area contributed by atoms with E-state index >= 15 is 0 Å². The molecule has 0 spiro atoms. The third kappa shape index (κ3) is 3.62. The van der Waals surface area contributed by atoms with E-state index < -0.39 is 0 Å². The highest BCUT2D eigenvalue weighted by atomic mass is 16.5. The molecule has 0 aliphatic heterocycles. The van der Waals surface area contributed by atoms with Crippen LogP contribution in [0.25, 0.3) is 0 Å². The van der Waals surface area contributed by atoms with E-state index in [-0.39, 0.29) is 5.75 Å². The van der Waals surface area contributed by atoms with E-state index in [4.69, 9.17) is 4.74 Å². The molecule has 15 heavy (non-hydrogen) atoms. The normalized spacial score (nSPS) is 9.93. The molecule has 82 valence electrons. The first kappa shape index (κ1) is 11.6. The van der Waals surface area contributed by atoms with E-state index in [0.717, 1.165) is 25.5 Å². The van der Waals surface area contributed by atoms with Crippen LogP contribution in [-0.2, 0) is 0 Å². The molecule has 0 aliphatic carbocycles. The van der Waals surface area contributed by atoms with Crippen molar-refractivity contribution in [1.29, 1.82) is 0 Å². The van der Waals surface area contributed by atoms with E-state index in [2.05, 4.69) is 6.92 Å². The van der Waals surface area contributed by atoms with Gasteiger partial charge < -0.3 is 9.84 Å². The molecule has 0 heterocycles. The number of rotatable bonds is 6. The molecule has 0 unspecified atom stereocenters. The van der Waals surface area contributed by atoms with Crippen molar-refractivity contribution in [1.82, 2.24) is 0 Å². The van der Waals surface area contributed by atoms with Gasteiger partial charge in [-0.3, -0.25) is 4.79 Å². The molecular weight excluding hydrogens is 192 g/mol. The highest BCUT2D eigenvalue weighted by molar-refractivity contribution is 5.79. The molecule has 0 radical (unpaired) electrons. The van der Waals surface area contributed by atoms with E-state index in [9.17, 15) is 9.90 Å². The molecule has 1 aromatic carbocycles. The van der Waals surface area contributed by atoms with Crippen molar-refractivity contribution in [2.75, 3.05) is 6.61 Å². The fraction of sp³-hybridized carbons (Fsp3) is 0.417. The number of aromatic hydroxyl groups is 1. The van der Waals surface area contributed by atoms with E-state index in [1.54, 1.807) is 6.07 Å². The Morgan fingerprint density at radius 3 is 2.87 bits per heavy atom. The minimum Gasteiger partial charge on any atom is -0.508 e. The largest absolute Gasteiger partial charge is 0.508 e. The SMILES string of the molecule is CCCCCOc1cc(O)ccc1C=O. The first-order valence-corrected chi connectivity index (χ1v) is 5.19. The smallest absolute Gasteiger partial charge is 0.153 e. The summed E-state index contributed by atoms with van der Waals surface area (Å²) >= 11 is 0. The van der Waals surface area contributed by atoms with Gasteiger partial charge in [0, 0.05) is 6.07 Å². The topological polar surface area (TPSA) is 46.5 Å². The standard InChI is InChI=1S/C12H16O3/c1-2-3-4-7-15-12-8-11(14)6-5-10(12)9-13/h5-6,8-9,14H,2-4,7H2,1H3. The molecule has 1 rings (SSSR count). The summed E-state index contributed by atoms with van der Waals surface area (Å²) in [5.74, 6) is 0.576. The number of unbranched alkanes of at least 4 members (excludes halogenated alkanes) is 2. The molecular formula is C12H16O3. The van der Waals surface area contributed by atoms with Crippen molar-refractivity contribution in [2.24, 2.45) is 0 Å². The minimum atomic E-state index is 0.117. The first-order valence-electron chi connectivity index (χ1n) is 5.19. The van der Waals surface area contributed by atoms with Crippen LogP contribution in [0.15, 0.2) is 18.2 Å². The van der Waals surface area contributed by atoms with Crippen molar-refractivity contribution in [2.45, 2.75) is 26.2 Å². The number of phenolic OH excluding ortho intramolecular Hbond substituents is 1. The van der Waals surface area contributed by atoms with E-state index in [1.807, 2.05) is 0 Å². The van der Waals surface area contributed by atoms with E-state index in [1.165, 1.54) is 12.1 Å². The number of carbonyl (C=O) groups excluding carboxylic acids is 1. The summed E-state index contributed by atoms with van der Waals surface area (Å²) in [6, 6.07) is 4.50. The molecule has 0 fully saturated rings. The lowest BCUT2D eigenvalue weighted by Gasteiger charge is -2.08. The summed E-state index contributed by atoms with van der Waals surface area (Å²) in [6.07, 6.45) is 3.93. The fourth-order valence-corrected chi connectivity index (χ4v) is 1.28. The Bertz CT molecular complexity index is 321. The maximum Gasteiger partial charge on any atom is 0.153 e. The van der Waals surface area contributed by atoms with Gasteiger partial charge in [-0.15, -0.1) is 0 Å². The van der Waals surface area contributed by atoms with Crippen molar-refractivity contribution in [3.8, 4) is 11.5 Å². The Balaban J connectivity index is 2.58. The number of aldehydes is 1. The van der Waals surface area contributed by atoms with Crippen molar-refractivity contribution >= 4 is 6.29 Å². The summed E-state index contributed by atoms with van der Waals surface area (Å²) in [5, 5.41) is 9.24. The molecule has 1 N–H and O–H groups in total. The van der Waals surface area contributed by atoms with Crippen molar-refractivity contribution in [3.05, 3.63) is 23.8 Å². The Morgan fingerprint density at radius 2 is 2.20 bits per heavy atom. The number of hydrogen-bond donors (Lipinski definition) is 1. The lowest BCUT2D eigenvalue weighted by atomic mass is 10.2. The second-order valence-electron chi connectivity index (χ2n) is 3.40. The van der Waals surface area contributed by atoms with Crippen molar-refractivity contribution < 1.29 is 14.6 Å². The zero-order chi connectivity index (χ0) is 11.1. The van der Waals surface area contributed by atoms with E-state index in [0.29, 0.717) is 17.9 Å². The van der Waals surface area contributed by atoms with Gasteiger partial charge in [-0.2, -0.15) is 0 Å². The van der Waals surface area contributed by atoms with Crippen molar-refractivity contribution in [3.63, 3.8) is 0 Å². The maximum atomic E-state index is 10.7. The van der Waals surface area contributed by atoms with Gasteiger partial charge in [0.25, 0.3) is 0 Å². The second kappa shape index (κ2) is 6.06. The Morgan fingerprint density at radius 1 is 1.40 bits per heavy atom. The molecule has 0 aliphatic rings. The Hall–Kier alpha value is -1.51. The number of phenols is 1. The number of benzene rings is 1. The van der Waals surface area contributed by atoms with Crippen LogP contribution < -0.4 is 4.74 Å². The third-order valence-electron chi connectivity index (χ3n) is 2.13. The summed E-state index contributed by atoms with van der Waals surface area (Å²) in [4.78, 5) is 10.7. The molecule has 3 heteroatoms. The third-order valence-corrected chi connectivity index (χ3v) is 2.13. The summed E-state index contributed by atoms with van der Waals surface area (Å²) < 4.78 is 5.42. The van der Waals surface area contributed by atoms with Crippen LogP contribution in [0.3, 0.4) is 0 Å². The lowest BCUT2D eigenvalue weighted by molar-refractivity contribution is 0.111. The summed E-state index contributed by atoms with van der Waals surface area (Å²) in [7, 11) is 0. The minimum absolute atomic E-state index is 0.117. The van der Waals surface area contributed by atoms with Gasteiger partial charge in [0.1, 0.15) is 11.5 Å². The molecule has 0 saturated carbocycles. The molecule has 1 aromatic rings. The van der Waals surface area contributed by atoms with Gasteiger partial charge in [-0.1, -0.05) is 19.8 Å². The predicted octanol–water partition coefficient (Wildman–Crippen LogP) is 2.77. The van der Waals surface area contributed by atoms with Crippen LogP contribution >= 0.6 is 0 Å². The monoisotopic (exact) mass is 208 g/mol. The molecule has 0 bridgehead atoms. The zero-order valence-corrected chi connectivity index (χ0v) is 8.90. The average Bonchev–Trinajstić information content (AvgIpc) is 2.25. The predicted molar refractivity (Wildman–Crippen MR) is 58.5 cm³/mol. The molecule has 0 atom stereocenters. The average molecular weight is 208 g/mol. The summed E-state index contributed by atoms with van der Waals surface area (Å²) in [6.45, 7) is 2.70. The van der Waals surface area contributed by atoms with Gasteiger partial charge in [0.05, 0.1) is 12.2 Å². The van der Waals surface area contributed by atoms with Crippen LogP contribution in [0, 0.1) is 0 Å². The highest BCUT2D eigenvalue weighted by Crippen LogP contribution is 2.22. The fourth-order valence-electron chi connectivity index (χ4n) is 1.28. The quantitative estimate of drug-likeness (QED) is 0.577. The number of carbonyl (C=O) groups is 1. The Kier molecular flexibility index (Phi) is 4.68. The zero-order valence-electron chi connectivity index (χ0n) is 8.90. The van der Waals surface area contributed by atoms with Crippen LogP contribution in [0.2, 0.25) is 0 Å². The molecule has 0 saturated heterocycles. The van der Waals surface area contributed by atoms with Gasteiger partial charge >= 0.3 is 0 Å². The highest BCUT2D eigenvalue weighted by Gasteiger charge is 2.03. The second-order valence-corrected chi connectivity index (χ2v) is 3.40. The number of ether oxygens (including phenoxy) is 1. The molecule has 0 amide bonds. The van der Waals surface area contributed by atoms with Gasteiger partial charge in [0.2, 0.25) is 0 Å². The maximum absolute atomic E-state index is 10.7. The van der Waals surface area contributed by atoms with Crippen LogP contribution in [-0.4, -0.2) is 18.0 Å². The van der Waals surface area contributed by atoms with Gasteiger partial charge in [-0.05, 0) is 18.6 Å². The van der Waals surface area contributed by atoms with Crippen LogP contribution in [0.5, 0.6) is 11.5 Å². The number of hydrogen-bond acceptors (Lipinski definition) is 3.